The van der Waals surface area contributed by atoms with E-state index in [-0.39, 0.29) is 0 Å². The Hall–Kier alpha value is -2.52. The number of benzene rings is 3. The second kappa shape index (κ2) is 6.52. The first-order valence-electron chi connectivity index (χ1n) is 9.61. The highest BCUT2D eigenvalue weighted by atomic mass is 28.3. The van der Waals surface area contributed by atoms with Crippen molar-refractivity contribution < 1.29 is 8.78 Å². The van der Waals surface area contributed by atoms with Crippen LogP contribution in [0.5, 0.6) is 0 Å². The van der Waals surface area contributed by atoms with E-state index in [2.05, 4.69) is 0 Å². The minimum absolute atomic E-state index is 0.309. The lowest BCUT2D eigenvalue weighted by molar-refractivity contribution is 0.124. The van der Waals surface area contributed by atoms with E-state index < -0.39 is 19.4 Å². The highest BCUT2D eigenvalue weighted by molar-refractivity contribution is 7.17. The summed E-state index contributed by atoms with van der Waals surface area (Å²) in [5.74, 6) is -2.84. The lowest BCUT2D eigenvalue weighted by Gasteiger charge is -2.32. The highest BCUT2D eigenvalue weighted by Crippen LogP contribution is 2.60. The van der Waals surface area contributed by atoms with Crippen molar-refractivity contribution in [2.24, 2.45) is 5.41 Å². The van der Waals surface area contributed by atoms with Crippen LogP contribution < -0.4 is 15.6 Å². The van der Waals surface area contributed by atoms with Gasteiger partial charge in [-0.05, 0) is 21.0 Å². The lowest BCUT2D eigenvalue weighted by Crippen LogP contribution is -2.68. The van der Waals surface area contributed by atoms with Gasteiger partial charge in [0.05, 0.1) is 0 Å². The normalized spacial score (nSPS) is 16.2. The molecule has 28 heavy (non-hydrogen) atoms. The molecule has 0 saturated heterocycles. The molecule has 142 valence electrons. The van der Waals surface area contributed by atoms with E-state index in [1.54, 1.807) is 0 Å². The van der Waals surface area contributed by atoms with Gasteiger partial charge in [-0.15, -0.1) is 0 Å². The first-order chi connectivity index (χ1) is 13.3. The van der Waals surface area contributed by atoms with Gasteiger partial charge >= 0.3 is 0 Å². The standard InChI is InChI=1S/C25H24F2Si/c1-24(2,3)22-23(25(22,26)27)28(19-13-7-4-8-14-19,20-15-9-5-10-16-20)21-17-11-6-12-18-21/h4-18H,1-3H3. The second-order valence-electron chi connectivity index (χ2n) is 8.42. The first-order valence-corrected chi connectivity index (χ1v) is 11.6. The van der Waals surface area contributed by atoms with Crippen molar-refractivity contribution in [1.82, 2.24) is 0 Å². The Labute approximate surface area is 166 Å². The third-order valence-electron chi connectivity index (χ3n) is 5.56. The summed E-state index contributed by atoms with van der Waals surface area (Å²) in [7, 11) is -3.07. The highest BCUT2D eigenvalue weighted by Gasteiger charge is 2.68. The van der Waals surface area contributed by atoms with Gasteiger partial charge in [-0.25, -0.2) is 0 Å². The predicted octanol–water partition coefficient (Wildman–Crippen LogP) is 4.69. The molecule has 1 aliphatic rings. The quantitative estimate of drug-likeness (QED) is 0.448. The number of rotatable bonds is 4. The average Bonchev–Trinajstić information content (AvgIpc) is 3.28. The van der Waals surface area contributed by atoms with E-state index in [9.17, 15) is 0 Å². The van der Waals surface area contributed by atoms with Crippen LogP contribution >= 0.6 is 0 Å². The Balaban J connectivity index is 2.14. The van der Waals surface area contributed by atoms with Crippen molar-refractivity contribution in [3.63, 3.8) is 0 Å². The number of hydrogen-bond acceptors (Lipinski definition) is 0. The summed E-state index contributed by atoms with van der Waals surface area (Å²) in [4.78, 5) is 0. The van der Waals surface area contributed by atoms with Crippen molar-refractivity contribution in [1.29, 1.82) is 0 Å². The number of alkyl halides is 2. The van der Waals surface area contributed by atoms with Gasteiger partial charge in [0.15, 0.2) is 8.07 Å². The van der Waals surface area contributed by atoms with Crippen LogP contribution in [0.3, 0.4) is 0 Å². The Morgan fingerprint density at radius 2 is 0.929 bits per heavy atom. The molecule has 0 unspecified atom stereocenters. The molecule has 4 rings (SSSR count). The third-order valence-corrected chi connectivity index (χ3v) is 10.5. The van der Waals surface area contributed by atoms with E-state index >= 15 is 8.78 Å². The summed E-state index contributed by atoms with van der Waals surface area (Å²) in [5, 5.41) is 3.36. The second-order valence-corrected chi connectivity index (χ2v) is 12.2. The zero-order valence-corrected chi connectivity index (χ0v) is 17.4. The molecule has 0 N–H and O–H groups in total. The fraction of sp³-hybridized carbons (Fsp3) is 0.200. The topological polar surface area (TPSA) is 0 Å². The molecule has 0 atom stereocenters. The maximum Gasteiger partial charge on any atom is 0.289 e. The van der Waals surface area contributed by atoms with Crippen LogP contribution in [0.4, 0.5) is 8.78 Å². The van der Waals surface area contributed by atoms with Crippen molar-refractivity contribution in [3.8, 4) is 0 Å². The molecule has 0 spiro atoms. The van der Waals surface area contributed by atoms with Crippen LogP contribution in [0.15, 0.2) is 102 Å². The van der Waals surface area contributed by atoms with Gasteiger partial charge in [-0.2, -0.15) is 8.78 Å². The summed E-state index contributed by atoms with van der Waals surface area (Å²) < 4.78 is 30.9. The summed E-state index contributed by atoms with van der Waals surface area (Å²) >= 11 is 0. The lowest BCUT2D eigenvalue weighted by atomic mass is 9.92. The molecule has 0 aromatic heterocycles. The van der Waals surface area contributed by atoms with Crippen LogP contribution in [0.25, 0.3) is 0 Å². The molecule has 0 heterocycles. The fourth-order valence-corrected chi connectivity index (χ4v) is 9.89. The maximum atomic E-state index is 15.5. The Bertz CT molecular complexity index is 904. The van der Waals surface area contributed by atoms with E-state index in [4.69, 9.17) is 0 Å². The van der Waals surface area contributed by atoms with Gasteiger partial charge in [0, 0.05) is 10.8 Å². The van der Waals surface area contributed by atoms with Gasteiger partial charge in [0.25, 0.3) is 5.92 Å². The fourth-order valence-electron chi connectivity index (χ4n) is 4.50. The SMILES string of the molecule is CC(C)(C)C1=C([Si](c2ccccc2)(c2ccccc2)c2ccccc2)C1(F)F. The molecule has 0 amide bonds. The molecular weight excluding hydrogens is 366 g/mol. The Morgan fingerprint density at radius 3 is 1.18 bits per heavy atom. The van der Waals surface area contributed by atoms with Crippen molar-refractivity contribution in [3.05, 3.63) is 102 Å². The summed E-state index contributed by atoms with van der Waals surface area (Å²) in [5.41, 5.74) is -0.265. The molecule has 3 heteroatoms. The summed E-state index contributed by atoms with van der Waals surface area (Å²) in [6, 6.07) is 29.7. The molecule has 1 aliphatic carbocycles. The van der Waals surface area contributed by atoms with Crippen molar-refractivity contribution >= 4 is 23.6 Å². The predicted molar refractivity (Wildman–Crippen MR) is 115 cm³/mol. The van der Waals surface area contributed by atoms with Gasteiger partial charge in [-0.3, -0.25) is 0 Å². The Kier molecular flexibility index (Phi) is 4.39. The molecule has 0 aliphatic heterocycles. The minimum Gasteiger partial charge on any atom is -0.197 e. The first kappa shape index (κ1) is 18.8. The molecule has 0 nitrogen and oxygen atoms in total. The molecular formula is C25H24F2Si. The molecule has 3 aromatic carbocycles. The van der Waals surface area contributed by atoms with Crippen molar-refractivity contribution in [2.75, 3.05) is 0 Å². The summed E-state index contributed by atoms with van der Waals surface area (Å²) in [6.45, 7) is 5.68. The van der Waals surface area contributed by atoms with E-state index in [0.29, 0.717) is 10.8 Å². The van der Waals surface area contributed by atoms with Gasteiger partial charge in [0.2, 0.25) is 0 Å². The third kappa shape index (κ3) is 2.77. The number of halogens is 2. The van der Waals surface area contributed by atoms with Crippen LogP contribution in [0.2, 0.25) is 0 Å². The maximum absolute atomic E-state index is 15.5. The van der Waals surface area contributed by atoms with E-state index in [1.165, 1.54) is 0 Å². The van der Waals surface area contributed by atoms with Gasteiger partial charge in [0.1, 0.15) is 0 Å². The molecule has 3 aromatic rings. The van der Waals surface area contributed by atoms with Gasteiger partial charge in [-0.1, -0.05) is 112 Å². The van der Waals surface area contributed by atoms with Gasteiger partial charge < -0.3 is 0 Å². The average molecular weight is 391 g/mol. The number of allylic oxidation sites excluding steroid dienone is 2. The minimum atomic E-state index is -3.07. The van der Waals surface area contributed by atoms with Crippen LogP contribution in [-0.2, 0) is 0 Å². The molecule has 0 saturated carbocycles. The van der Waals surface area contributed by atoms with E-state index in [1.807, 2.05) is 112 Å². The number of hydrogen-bond donors (Lipinski definition) is 0. The zero-order valence-electron chi connectivity index (χ0n) is 16.4. The largest absolute Gasteiger partial charge is 0.289 e. The van der Waals surface area contributed by atoms with E-state index in [0.717, 1.165) is 15.6 Å². The molecule has 0 fully saturated rings. The molecule has 0 bridgehead atoms. The summed E-state index contributed by atoms with van der Waals surface area (Å²) in [6.07, 6.45) is 0. The van der Waals surface area contributed by atoms with Crippen LogP contribution in [0.1, 0.15) is 20.8 Å². The van der Waals surface area contributed by atoms with Crippen LogP contribution in [-0.4, -0.2) is 14.0 Å². The monoisotopic (exact) mass is 390 g/mol. The molecule has 0 radical (unpaired) electrons. The van der Waals surface area contributed by atoms with Crippen molar-refractivity contribution in [2.45, 2.75) is 26.7 Å². The Morgan fingerprint density at radius 1 is 0.607 bits per heavy atom. The smallest absolute Gasteiger partial charge is 0.197 e. The zero-order chi connectivity index (χ0) is 20.0. The van der Waals surface area contributed by atoms with Crippen LogP contribution in [0, 0.1) is 5.41 Å².